The van der Waals surface area contributed by atoms with E-state index in [9.17, 15) is 14.3 Å². The zero-order valence-electron chi connectivity index (χ0n) is 15.2. The van der Waals surface area contributed by atoms with E-state index in [-0.39, 0.29) is 23.8 Å². The molecular formula is C21H21Cl2FN2O2. The molecule has 2 aliphatic heterocycles. The third-order valence-electron chi connectivity index (χ3n) is 5.95. The molecule has 2 heterocycles. The second kappa shape index (κ2) is 7.64. The van der Waals surface area contributed by atoms with Gasteiger partial charge in [0.25, 0.3) is 5.91 Å². The molecule has 0 radical (unpaired) electrons. The maximum Gasteiger partial charge on any atom is 0.253 e. The third-order valence-corrected chi connectivity index (χ3v) is 6.65. The topological polar surface area (TPSA) is 43.8 Å². The minimum atomic E-state index is -0.426. The number of amides is 1. The van der Waals surface area contributed by atoms with Crippen LogP contribution in [0.2, 0.25) is 10.0 Å². The number of aliphatic hydroxyl groups excluding tert-OH is 1. The summed E-state index contributed by atoms with van der Waals surface area (Å²) in [5.74, 6) is -0.469. The Labute approximate surface area is 173 Å². The van der Waals surface area contributed by atoms with Crippen molar-refractivity contribution in [2.45, 2.75) is 6.54 Å². The summed E-state index contributed by atoms with van der Waals surface area (Å²) in [6.45, 7) is 3.00. The predicted octanol–water partition coefficient (Wildman–Crippen LogP) is 3.70. The minimum absolute atomic E-state index is 0.00263. The first kappa shape index (κ1) is 19.6. The summed E-state index contributed by atoms with van der Waals surface area (Å²) in [6, 6.07) is 11.2. The molecule has 4 rings (SSSR count). The molecule has 4 nitrogen and oxygen atoms in total. The van der Waals surface area contributed by atoms with Gasteiger partial charge in [-0.05, 0) is 36.2 Å². The van der Waals surface area contributed by atoms with Crippen molar-refractivity contribution >= 4 is 29.1 Å². The lowest BCUT2D eigenvalue weighted by molar-refractivity contribution is 0.0718. The first-order valence-electron chi connectivity index (χ1n) is 9.23. The van der Waals surface area contributed by atoms with E-state index >= 15 is 0 Å². The first-order valence-corrected chi connectivity index (χ1v) is 9.98. The summed E-state index contributed by atoms with van der Waals surface area (Å²) in [7, 11) is 0. The number of likely N-dealkylation sites (tertiary alicyclic amines) is 2. The molecule has 0 bridgehead atoms. The summed E-state index contributed by atoms with van der Waals surface area (Å²) in [5.41, 5.74) is 0.843. The second-order valence-corrected chi connectivity index (χ2v) is 8.60. The zero-order valence-corrected chi connectivity index (χ0v) is 16.8. The standard InChI is InChI=1S/C21H21Cl2FN2O2/c22-18-5-2-6-19(23)17(18)10-25-8-15-9-26(12-21(15,11-25)13-27)20(28)14-3-1-4-16(24)7-14/h1-7,15,27H,8-13H2/t15-,21+/m0/s1. The Hall–Kier alpha value is -1.66. The highest BCUT2D eigenvalue weighted by molar-refractivity contribution is 6.35. The Balaban J connectivity index is 1.48. The maximum atomic E-state index is 13.5. The van der Waals surface area contributed by atoms with Gasteiger partial charge in [-0.1, -0.05) is 35.3 Å². The summed E-state index contributed by atoms with van der Waals surface area (Å²) < 4.78 is 13.5. The number of carbonyl (C=O) groups excluding carboxylic acids is 1. The van der Waals surface area contributed by atoms with Crippen LogP contribution in [0.15, 0.2) is 42.5 Å². The molecule has 2 atom stereocenters. The largest absolute Gasteiger partial charge is 0.396 e. The molecule has 0 spiro atoms. The van der Waals surface area contributed by atoms with Gasteiger partial charge in [-0.15, -0.1) is 0 Å². The predicted molar refractivity (Wildman–Crippen MR) is 107 cm³/mol. The Morgan fingerprint density at radius 2 is 1.86 bits per heavy atom. The van der Waals surface area contributed by atoms with Crippen molar-refractivity contribution in [2.24, 2.45) is 11.3 Å². The van der Waals surface area contributed by atoms with E-state index in [1.807, 2.05) is 18.2 Å². The molecule has 1 N–H and O–H groups in total. The molecule has 2 aliphatic rings. The van der Waals surface area contributed by atoms with E-state index in [4.69, 9.17) is 23.2 Å². The Morgan fingerprint density at radius 1 is 1.14 bits per heavy atom. The molecule has 2 saturated heterocycles. The number of hydrogen-bond donors (Lipinski definition) is 1. The SMILES string of the molecule is O=C(c1cccc(F)c1)N1C[C@@H]2CN(Cc3c(Cl)cccc3Cl)C[C@]2(CO)C1. The molecule has 2 aromatic carbocycles. The molecule has 7 heteroatoms. The van der Waals surface area contributed by atoms with E-state index in [1.165, 1.54) is 18.2 Å². The number of aliphatic hydroxyl groups is 1. The van der Waals surface area contributed by atoms with Crippen molar-refractivity contribution in [3.05, 3.63) is 69.5 Å². The smallest absolute Gasteiger partial charge is 0.253 e. The molecule has 0 unspecified atom stereocenters. The molecule has 2 fully saturated rings. The fourth-order valence-electron chi connectivity index (χ4n) is 4.50. The van der Waals surface area contributed by atoms with Crippen molar-refractivity contribution in [3.63, 3.8) is 0 Å². The van der Waals surface area contributed by atoms with Gasteiger partial charge in [0.15, 0.2) is 0 Å². The molecule has 28 heavy (non-hydrogen) atoms. The quantitative estimate of drug-likeness (QED) is 0.816. The van der Waals surface area contributed by atoms with Crippen LogP contribution in [0, 0.1) is 17.2 Å². The number of carbonyl (C=O) groups is 1. The molecule has 0 aliphatic carbocycles. The normalized spacial score (nSPS) is 24.6. The maximum absolute atomic E-state index is 13.5. The van der Waals surface area contributed by atoms with Crippen molar-refractivity contribution in [2.75, 3.05) is 32.8 Å². The van der Waals surface area contributed by atoms with Gasteiger partial charge in [0.1, 0.15) is 5.82 Å². The number of benzene rings is 2. The van der Waals surface area contributed by atoms with Gasteiger partial charge in [-0.3, -0.25) is 9.69 Å². The summed E-state index contributed by atoms with van der Waals surface area (Å²) in [5, 5.41) is 11.4. The highest BCUT2D eigenvalue weighted by Gasteiger charge is 2.53. The number of halogens is 3. The summed E-state index contributed by atoms with van der Waals surface area (Å²) in [4.78, 5) is 16.7. The van der Waals surface area contributed by atoms with Crippen molar-refractivity contribution in [3.8, 4) is 0 Å². The van der Waals surface area contributed by atoms with Crippen LogP contribution >= 0.6 is 23.2 Å². The van der Waals surface area contributed by atoms with E-state index in [0.717, 1.165) is 12.1 Å². The molecule has 2 aromatic rings. The fourth-order valence-corrected chi connectivity index (χ4v) is 5.02. The van der Waals surface area contributed by atoms with Gasteiger partial charge in [0.2, 0.25) is 0 Å². The lowest BCUT2D eigenvalue weighted by Crippen LogP contribution is -2.38. The Kier molecular flexibility index (Phi) is 5.36. The molecule has 148 valence electrons. The van der Waals surface area contributed by atoms with Crippen LogP contribution in [0.4, 0.5) is 4.39 Å². The van der Waals surface area contributed by atoms with Gasteiger partial charge in [-0.2, -0.15) is 0 Å². The van der Waals surface area contributed by atoms with Crippen LogP contribution in [0.1, 0.15) is 15.9 Å². The van der Waals surface area contributed by atoms with Crippen LogP contribution in [0.3, 0.4) is 0 Å². The van der Waals surface area contributed by atoms with Crippen LogP contribution in [-0.2, 0) is 6.54 Å². The van der Waals surface area contributed by atoms with Crippen LogP contribution < -0.4 is 0 Å². The monoisotopic (exact) mass is 422 g/mol. The van der Waals surface area contributed by atoms with Crippen molar-refractivity contribution < 1.29 is 14.3 Å². The van der Waals surface area contributed by atoms with Crippen LogP contribution in [0.5, 0.6) is 0 Å². The van der Waals surface area contributed by atoms with Gasteiger partial charge >= 0.3 is 0 Å². The average Bonchev–Trinajstić information content (AvgIpc) is 3.18. The zero-order chi connectivity index (χ0) is 19.9. The number of hydrogen-bond acceptors (Lipinski definition) is 3. The minimum Gasteiger partial charge on any atom is -0.396 e. The lowest BCUT2D eigenvalue weighted by Gasteiger charge is -2.27. The third kappa shape index (κ3) is 3.52. The van der Waals surface area contributed by atoms with E-state index in [0.29, 0.717) is 41.8 Å². The summed E-state index contributed by atoms with van der Waals surface area (Å²) in [6.07, 6.45) is 0. The number of fused-ring (bicyclic) bond motifs is 1. The summed E-state index contributed by atoms with van der Waals surface area (Å²) >= 11 is 12.6. The fraction of sp³-hybridized carbons (Fsp3) is 0.381. The molecule has 0 saturated carbocycles. The highest BCUT2D eigenvalue weighted by Crippen LogP contribution is 2.43. The van der Waals surface area contributed by atoms with Gasteiger partial charge in [0, 0.05) is 59.3 Å². The van der Waals surface area contributed by atoms with E-state index < -0.39 is 5.82 Å². The number of rotatable bonds is 4. The van der Waals surface area contributed by atoms with Crippen molar-refractivity contribution in [1.82, 2.24) is 9.80 Å². The van der Waals surface area contributed by atoms with Crippen LogP contribution in [0.25, 0.3) is 0 Å². The Morgan fingerprint density at radius 3 is 2.50 bits per heavy atom. The van der Waals surface area contributed by atoms with E-state index in [1.54, 1.807) is 11.0 Å². The number of nitrogens with zero attached hydrogens (tertiary/aromatic N) is 2. The van der Waals surface area contributed by atoms with E-state index in [2.05, 4.69) is 4.90 Å². The van der Waals surface area contributed by atoms with Gasteiger partial charge in [0.05, 0.1) is 6.61 Å². The molecular weight excluding hydrogens is 402 g/mol. The lowest BCUT2D eigenvalue weighted by atomic mass is 9.82. The molecule has 0 aromatic heterocycles. The highest BCUT2D eigenvalue weighted by atomic mass is 35.5. The van der Waals surface area contributed by atoms with Crippen LogP contribution in [-0.4, -0.2) is 53.6 Å². The second-order valence-electron chi connectivity index (χ2n) is 7.78. The van der Waals surface area contributed by atoms with Crippen molar-refractivity contribution in [1.29, 1.82) is 0 Å². The van der Waals surface area contributed by atoms with Gasteiger partial charge < -0.3 is 10.0 Å². The Bertz CT molecular complexity index is 889. The average molecular weight is 423 g/mol. The molecule has 1 amide bonds. The first-order chi connectivity index (χ1) is 13.4. The van der Waals surface area contributed by atoms with Gasteiger partial charge in [-0.25, -0.2) is 4.39 Å².